The predicted octanol–water partition coefficient (Wildman–Crippen LogP) is 4.96. The number of thioether (sulfide) groups is 1. The summed E-state index contributed by atoms with van der Waals surface area (Å²) in [5.74, 6) is -0.0435. The summed E-state index contributed by atoms with van der Waals surface area (Å²) >= 11 is 13.7. The molecule has 0 radical (unpaired) electrons. The van der Waals surface area contributed by atoms with Crippen molar-refractivity contribution in [3.63, 3.8) is 0 Å². The average Bonchev–Trinajstić information content (AvgIpc) is 2.87. The van der Waals surface area contributed by atoms with Crippen molar-refractivity contribution in [1.82, 2.24) is 0 Å². The Morgan fingerprint density at radius 1 is 1.29 bits per heavy atom. The molecule has 21 heavy (non-hydrogen) atoms. The maximum absolute atomic E-state index is 12.4. The van der Waals surface area contributed by atoms with E-state index in [1.807, 2.05) is 0 Å². The second-order valence-electron chi connectivity index (χ2n) is 5.01. The molecule has 1 atom stereocenters. The third-order valence-electron chi connectivity index (χ3n) is 3.40. The number of benzene rings is 2. The van der Waals surface area contributed by atoms with Crippen molar-refractivity contribution in [3.8, 4) is 0 Å². The van der Waals surface area contributed by atoms with Gasteiger partial charge in [-0.25, -0.2) is 0 Å². The number of nitrogens with one attached hydrogen (secondary N) is 1. The van der Waals surface area contributed by atoms with Crippen molar-refractivity contribution >= 4 is 46.6 Å². The van der Waals surface area contributed by atoms with Crippen LogP contribution in [0.1, 0.15) is 11.1 Å². The summed E-state index contributed by atoms with van der Waals surface area (Å²) in [5, 5.41) is 3.55. The summed E-state index contributed by atoms with van der Waals surface area (Å²) in [5.41, 5.74) is 2.99. The molecule has 1 aliphatic rings. The zero-order chi connectivity index (χ0) is 15.0. The monoisotopic (exact) mass is 337 g/mol. The Morgan fingerprint density at radius 2 is 2.10 bits per heavy atom. The smallest absolute Gasteiger partial charge is 0.238 e. The summed E-state index contributed by atoms with van der Waals surface area (Å²) in [6.45, 7) is 2.06. The molecule has 2 aromatic carbocycles. The van der Waals surface area contributed by atoms with Crippen LogP contribution < -0.4 is 5.32 Å². The molecular formula is C16H13Cl2NOS. The molecule has 0 saturated heterocycles. The fraction of sp³-hybridized carbons (Fsp3) is 0.188. The van der Waals surface area contributed by atoms with Gasteiger partial charge in [-0.3, -0.25) is 4.79 Å². The topological polar surface area (TPSA) is 29.1 Å². The summed E-state index contributed by atoms with van der Waals surface area (Å²) in [6.07, 6.45) is 0.740. The van der Waals surface area contributed by atoms with Crippen molar-refractivity contribution in [2.45, 2.75) is 23.5 Å². The lowest BCUT2D eigenvalue weighted by Crippen LogP contribution is -2.24. The number of fused-ring (bicyclic) bond motifs is 1. The molecule has 0 unspecified atom stereocenters. The first-order valence-corrected chi connectivity index (χ1v) is 8.19. The molecule has 5 heteroatoms. The maximum atomic E-state index is 12.4. The number of hydrogen-bond acceptors (Lipinski definition) is 2. The molecule has 1 heterocycles. The lowest BCUT2D eigenvalue weighted by Gasteiger charge is -2.11. The quantitative estimate of drug-likeness (QED) is 0.839. The van der Waals surface area contributed by atoms with E-state index in [0.29, 0.717) is 15.7 Å². The molecule has 3 rings (SSSR count). The fourth-order valence-corrected chi connectivity index (χ4v) is 3.93. The van der Waals surface area contributed by atoms with Crippen molar-refractivity contribution in [1.29, 1.82) is 0 Å². The van der Waals surface area contributed by atoms with Crippen molar-refractivity contribution < 1.29 is 4.79 Å². The summed E-state index contributed by atoms with van der Waals surface area (Å²) < 4.78 is 0. The third-order valence-corrected chi connectivity index (χ3v) is 5.52. The van der Waals surface area contributed by atoms with Gasteiger partial charge in [-0.2, -0.15) is 0 Å². The van der Waals surface area contributed by atoms with Gasteiger partial charge >= 0.3 is 0 Å². The maximum Gasteiger partial charge on any atom is 0.238 e. The van der Waals surface area contributed by atoms with Gasteiger partial charge in [-0.05, 0) is 37.1 Å². The largest absolute Gasteiger partial charge is 0.324 e. The zero-order valence-corrected chi connectivity index (χ0v) is 13.6. The molecule has 2 nitrogen and oxygen atoms in total. The number of amides is 1. The molecule has 108 valence electrons. The highest BCUT2D eigenvalue weighted by molar-refractivity contribution is 8.01. The van der Waals surface area contributed by atoms with Crippen LogP contribution in [0.5, 0.6) is 0 Å². The second-order valence-corrected chi connectivity index (χ2v) is 7.04. The van der Waals surface area contributed by atoms with E-state index in [1.54, 1.807) is 30.0 Å². The third kappa shape index (κ3) is 3.05. The predicted molar refractivity (Wildman–Crippen MR) is 89.6 cm³/mol. The van der Waals surface area contributed by atoms with Gasteiger partial charge in [0, 0.05) is 4.90 Å². The highest BCUT2D eigenvalue weighted by Crippen LogP contribution is 2.38. The molecule has 2 aromatic rings. The second kappa shape index (κ2) is 5.91. The van der Waals surface area contributed by atoms with Crippen LogP contribution in [0, 0.1) is 6.92 Å². The lowest BCUT2D eigenvalue weighted by atomic mass is 10.1. The first-order chi connectivity index (χ1) is 10.0. The Kier molecular flexibility index (Phi) is 4.16. The number of aryl methyl sites for hydroxylation is 1. The minimum atomic E-state index is -0.128. The Balaban J connectivity index is 1.75. The first-order valence-electron chi connectivity index (χ1n) is 6.55. The number of carbonyl (C=O) groups is 1. The number of rotatable bonds is 2. The molecule has 1 N–H and O–H groups in total. The van der Waals surface area contributed by atoms with Crippen LogP contribution in [-0.4, -0.2) is 11.2 Å². The Morgan fingerprint density at radius 3 is 2.90 bits per heavy atom. The van der Waals surface area contributed by atoms with Crippen molar-refractivity contribution in [2.24, 2.45) is 0 Å². The van der Waals surface area contributed by atoms with Gasteiger partial charge in [0.1, 0.15) is 0 Å². The molecule has 1 aliphatic heterocycles. The van der Waals surface area contributed by atoms with Crippen LogP contribution in [-0.2, 0) is 11.2 Å². The van der Waals surface area contributed by atoms with E-state index in [1.165, 1.54) is 16.0 Å². The van der Waals surface area contributed by atoms with E-state index in [4.69, 9.17) is 23.2 Å². The number of halogens is 2. The first kappa shape index (κ1) is 14.8. The average molecular weight is 338 g/mol. The van der Waals surface area contributed by atoms with Crippen LogP contribution in [0.4, 0.5) is 5.69 Å². The number of carbonyl (C=O) groups excluding carboxylic acids is 1. The molecule has 0 spiro atoms. The SMILES string of the molecule is Cc1ccc2c(c1)S[C@@H](C(=O)Nc1cccc(Cl)c1Cl)C2. The van der Waals surface area contributed by atoms with Crippen molar-refractivity contribution in [3.05, 3.63) is 57.6 Å². The van der Waals surface area contributed by atoms with Crippen LogP contribution in [0.25, 0.3) is 0 Å². The van der Waals surface area contributed by atoms with Gasteiger partial charge < -0.3 is 5.32 Å². The van der Waals surface area contributed by atoms with Gasteiger partial charge in [-0.15, -0.1) is 11.8 Å². The minimum absolute atomic E-state index is 0.0435. The van der Waals surface area contributed by atoms with E-state index in [-0.39, 0.29) is 11.2 Å². The molecule has 0 aromatic heterocycles. The molecule has 0 saturated carbocycles. The minimum Gasteiger partial charge on any atom is -0.324 e. The molecule has 0 aliphatic carbocycles. The number of anilines is 1. The lowest BCUT2D eigenvalue weighted by molar-refractivity contribution is -0.115. The van der Waals surface area contributed by atoms with Crippen molar-refractivity contribution in [2.75, 3.05) is 5.32 Å². The van der Waals surface area contributed by atoms with Crippen LogP contribution in [0.2, 0.25) is 10.0 Å². The fourth-order valence-electron chi connectivity index (χ4n) is 2.29. The molecule has 0 fully saturated rings. The number of hydrogen-bond donors (Lipinski definition) is 1. The van der Waals surface area contributed by atoms with E-state index in [2.05, 4.69) is 30.4 Å². The van der Waals surface area contributed by atoms with Crippen LogP contribution in [0.15, 0.2) is 41.3 Å². The Bertz CT molecular complexity index is 717. The highest BCUT2D eigenvalue weighted by atomic mass is 35.5. The zero-order valence-electron chi connectivity index (χ0n) is 11.3. The van der Waals surface area contributed by atoms with Crippen LogP contribution >= 0.6 is 35.0 Å². The van der Waals surface area contributed by atoms with Crippen LogP contribution in [0.3, 0.4) is 0 Å². The van der Waals surface area contributed by atoms with E-state index in [9.17, 15) is 4.79 Å². The van der Waals surface area contributed by atoms with Gasteiger partial charge in [0.25, 0.3) is 0 Å². The van der Waals surface area contributed by atoms with E-state index in [0.717, 1.165) is 6.42 Å². The normalized spacial score (nSPS) is 16.6. The summed E-state index contributed by atoms with van der Waals surface area (Å²) in [7, 11) is 0. The summed E-state index contributed by atoms with van der Waals surface area (Å²) in [4.78, 5) is 13.6. The Hall–Kier alpha value is -1.16. The Labute approximate surface area is 137 Å². The van der Waals surface area contributed by atoms with Gasteiger partial charge in [0.2, 0.25) is 5.91 Å². The van der Waals surface area contributed by atoms with E-state index >= 15 is 0 Å². The van der Waals surface area contributed by atoms with E-state index < -0.39 is 0 Å². The molecule has 1 amide bonds. The standard InChI is InChI=1S/C16H13Cl2NOS/c1-9-5-6-10-8-14(21-13(10)7-9)16(20)19-12-4-2-3-11(17)15(12)18/h2-7,14H,8H2,1H3,(H,19,20)/t14-/m1/s1. The summed E-state index contributed by atoms with van der Waals surface area (Å²) in [6, 6.07) is 11.5. The van der Waals surface area contributed by atoms with Gasteiger partial charge in [0.15, 0.2) is 0 Å². The van der Waals surface area contributed by atoms with Gasteiger partial charge in [0.05, 0.1) is 21.0 Å². The highest BCUT2D eigenvalue weighted by Gasteiger charge is 2.28. The van der Waals surface area contributed by atoms with Gasteiger partial charge in [-0.1, -0.05) is 47.0 Å². The molecular weight excluding hydrogens is 325 g/mol. The molecule has 0 bridgehead atoms.